The molecule has 1 fully saturated rings. The summed E-state index contributed by atoms with van der Waals surface area (Å²) in [5.74, 6) is 0.00678. The highest BCUT2D eigenvalue weighted by Gasteiger charge is 2.27. The standard InChI is InChI=1S/C25H18Cl2FNO2S/c26-22-9-8-16(14-30)25(27)20(22)12-18-13-21-23(28)10-17(15-6-7-15)11-24(21)29(18)32(31)19-4-2-1-3-5-19/h1-5,8-11,13-15H,6-7,12H2. The Hall–Kier alpha value is -2.47. The first-order valence-corrected chi connectivity index (χ1v) is 12.1. The first-order valence-electron chi connectivity index (χ1n) is 10.2. The molecule has 1 saturated carbocycles. The van der Waals surface area contributed by atoms with Gasteiger partial charge in [-0.2, -0.15) is 0 Å². The molecule has 1 aliphatic carbocycles. The Morgan fingerprint density at radius 3 is 2.50 bits per heavy atom. The lowest BCUT2D eigenvalue weighted by atomic mass is 10.1. The number of aldehydes is 1. The van der Waals surface area contributed by atoms with Crippen molar-refractivity contribution in [3.8, 4) is 0 Å². The molecule has 5 rings (SSSR count). The maximum Gasteiger partial charge on any atom is 0.157 e. The third kappa shape index (κ3) is 3.79. The second-order valence-electron chi connectivity index (χ2n) is 7.93. The normalized spacial score (nSPS) is 14.6. The van der Waals surface area contributed by atoms with Gasteiger partial charge in [-0.25, -0.2) is 8.60 Å². The molecule has 1 aromatic heterocycles. The van der Waals surface area contributed by atoms with Crippen molar-refractivity contribution in [3.63, 3.8) is 0 Å². The molecule has 1 heterocycles. The van der Waals surface area contributed by atoms with Gasteiger partial charge in [0.25, 0.3) is 0 Å². The molecule has 1 atom stereocenters. The largest absolute Gasteiger partial charge is 0.298 e. The fraction of sp³-hybridized carbons (Fsp3) is 0.160. The molecular formula is C25H18Cl2FNO2S. The molecule has 1 aliphatic rings. The van der Waals surface area contributed by atoms with Gasteiger partial charge in [-0.15, -0.1) is 0 Å². The van der Waals surface area contributed by atoms with Gasteiger partial charge in [-0.3, -0.25) is 8.77 Å². The summed E-state index contributed by atoms with van der Waals surface area (Å²) < 4.78 is 30.4. The Morgan fingerprint density at radius 2 is 1.81 bits per heavy atom. The average molecular weight is 486 g/mol. The number of carbonyl (C=O) groups is 1. The smallest absolute Gasteiger partial charge is 0.157 e. The zero-order valence-corrected chi connectivity index (χ0v) is 19.2. The van der Waals surface area contributed by atoms with E-state index in [2.05, 4.69) is 0 Å². The molecule has 0 saturated heterocycles. The van der Waals surface area contributed by atoms with Crippen molar-refractivity contribution in [1.82, 2.24) is 3.97 Å². The minimum atomic E-state index is -1.61. The number of rotatable bonds is 6. The van der Waals surface area contributed by atoms with Crippen LogP contribution >= 0.6 is 23.2 Å². The second-order valence-corrected chi connectivity index (χ2v) is 10.0. The highest BCUT2D eigenvalue weighted by Crippen LogP contribution is 2.42. The predicted molar refractivity (Wildman–Crippen MR) is 127 cm³/mol. The lowest BCUT2D eigenvalue weighted by Gasteiger charge is -2.13. The number of carbonyl (C=O) groups excluding carboxylic acids is 1. The fourth-order valence-electron chi connectivity index (χ4n) is 3.98. The monoisotopic (exact) mass is 485 g/mol. The third-order valence-electron chi connectivity index (χ3n) is 5.78. The molecule has 0 radical (unpaired) electrons. The first kappa shape index (κ1) is 21.4. The van der Waals surface area contributed by atoms with Gasteiger partial charge >= 0.3 is 0 Å². The molecule has 3 aromatic carbocycles. The van der Waals surface area contributed by atoms with E-state index in [4.69, 9.17) is 23.2 Å². The van der Waals surface area contributed by atoms with Crippen LogP contribution in [0, 0.1) is 5.82 Å². The predicted octanol–water partition coefficient (Wildman–Crippen LogP) is 6.94. The molecule has 0 aliphatic heterocycles. The van der Waals surface area contributed by atoms with Crippen LogP contribution < -0.4 is 0 Å². The summed E-state index contributed by atoms with van der Waals surface area (Å²) in [6.45, 7) is 0. The quantitative estimate of drug-likeness (QED) is 0.277. The van der Waals surface area contributed by atoms with Crippen molar-refractivity contribution < 1.29 is 13.4 Å². The second kappa shape index (κ2) is 8.47. The van der Waals surface area contributed by atoms with Crippen molar-refractivity contribution in [3.05, 3.63) is 98.9 Å². The van der Waals surface area contributed by atoms with Crippen molar-refractivity contribution in [2.24, 2.45) is 0 Å². The molecule has 162 valence electrons. The van der Waals surface area contributed by atoms with Crippen LogP contribution in [-0.4, -0.2) is 14.5 Å². The summed E-state index contributed by atoms with van der Waals surface area (Å²) >= 11 is 12.8. The molecular weight excluding hydrogens is 468 g/mol. The lowest BCUT2D eigenvalue weighted by molar-refractivity contribution is 0.112. The zero-order chi connectivity index (χ0) is 22.4. The summed E-state index contributed by atoms with van der Waals surface area (Å²) in [4.78, 5) is 12.0. The van der Waals surface area contributed by atoms with Crippen LogP contribution in [0.3, 0.4) is 0 Å². The van der Waals surface area contributed by atoms with Crippen LogP contribution in [0.4, 0.5) is 4.39 Å². The zero-order valence-electron chi connectivity index (χ0n) is 16.9. The fourth-order valence-corrected chi connectivity index (χ4v) is 5.79. The minimum absolute atomic E-state index is 0.199. The molecule has 7 heteroatoms. The summed E-state index contributed by atoms with van der Waals surface area (Å²) in [6.07, 6.45) is 2.93. The van der Waals surface area contributed by atoms with Crippen LogP contribution in [-0.2, 0) is 17.4 Å². The Morgan fingerprint density at radius 1 is 1.06 bits per heavy atom. The molecule has 0 spiro atoms. The Labute approximate surface area is 197 Å². The maximum absolute atomic E-state index is 15.1. The van der Waals surface area contributed by atoms with E-state index in [1.54, 1.807) is 40.4 Å². The topological polar surface area (TPSA) is 39.1 Å². The highest BCUT2D eigenvalue weighted by atomic mass is 35.5. The van der Waals surface area contributed by atoms with Crippen LogP contribution in [0.25, 0.3) is 10.9 Å². The molecule has 0 amide bonds. The maximum atomic E-state index is 15.1. The summed E-state index contributed by atoms with van der Waals surface area (Å²) in [6, 6.07) is 17.4. The molecule has 0 bridgehead atoms. The van der Waals surface area contributed by atoms with E-state index in [1.807, 2.05) is 24.3 Å². The number of fused-ring (bicyclic) bond motifs is 1. The van der Waals surface area contributed by atoms with Gasteiger partial charge in [0.05, 0.1) is 15.4 Å². The van der Waals surface area contributed by atoms with Crippen LogP contribution in [0.15, 0.2) is 65.6 Å². The first-order chi connectivity index (χ1) is 15.5. The van der Waals surface area contributed by atoms with E-state index in [0.29, 0.717) is 49.8 Å². The average Bonchev–Trinajstić information content (AvgIpc) is 3.58. The highest BCUT2D eigenvalue weighted by molar-refractivity contribution is 7.83. The molecule has 3 nitrogen and oxygen atoms in total. The SMILES string of the molecule is O=Cc1ccc(Cl)c(Cc2cc3c(F)cc(C4CC4)cc3n2S(=O)c2ccccc2)c1Cl. The van der Waals surface area contributed by atoms with E-state index in [9.17, 15) is 9.00 Å². The van der Waals surface area contributed by atoms with Gasteiger partial charge in [0.1, 0.15) is 5.82 Å². The van der Waals surface area contributed by atoms with E-state index in [0.717, 1.165) is 18.4 Å². The van der Waals surface area contributed by atoms with Crippen molar-refractivity contribution >= 4 is 51.4 Å². The Bertz CT molecular complexity index is 1380. The molecule has 1 unspecified atom stereocenters. The number of hydrogen-bond acceptors (Lipinski definition) is 2. The van der Waals surface area contributed by atoms with Gasteiger partial charge in [-0.1, -0.05) is 41.4 Å². The molecule has 4 aromatic rings. The number of aromatic nitrogens is 1. The van der Waals surface area contributed by atoms with Crippen LogP contribution in [0.5, 0.6) is 0 Å². The Kier molecular flexibility index (Phi) is 5.66. The number of nitrogens with zero attached hydrogens (tertiary/aromatic N) is 1. The summed E-state index contributed by atoms with van der Waals surface area (Å²) in [5, 5.41) is 1.03. The Balaban J connectivity index is 1.73. The van der Waals surface area contributed by atoms with Gasteiger partial charge in [-0.05, 0) is 72.4 Å². The lowest BCUT2D eigenvalue weighted by Crippen LogP contribution is -2.10. The van der Waals surface area contributed by atoms with E-state index >= 15 is 4.39 Å². The van der Waals surface area contributed by atoms with E-state index < -0.39 is 11.0 Å². The van der Waals surface area contributed by atoms with Gasteiger partial charge in [0.2, 0.25) is 0 Å². The van der Waals surface area contributed by atoms with E-state index in [1.165, 1.54) is 0 Å². The summed E-state index contributed by atoms with van der Waals surface area (Å²) in [5.41, 5.74) is 2.95. The number of halogens is 3. The van der Waals surface area contributed by atoms with Crippen molar-refractivity contribution in [2.45, 2.75) is 30.1 Å². The van der Waals surface area contributed by atoms with Gasteiger partial charge in [0, 0.05) is 28.1 Å². The summed E-state index contributed by atoms with van der Waals surface area (Å²) in [7, 11) is -1.61. The van der Waals surface area contributed by atoms with E-state index in [-0.39, 0.29) is 17.3 Å². The van der Waals surface area contributed by atoms with Crippen LogP contribution in [0.2, 0.25) is 10.0 Å². The number of hydrogen-bond donors (Lipinski definition) is 0. The number of benzene rings is 3. The van der Waals surface area contributed by atoms with Crippen LogP contribution in [0.1, 0.15) is 45.9 Å². The third-order valence-corrected chi connectivity index (χ3v) is 8.02. The van der Waals surface area contributed by atoms with Gasteiger partial charge < -0.3 is 0 Å². The van der Waals surface area contributed by atoms with Crippen molar-refractivity contribution in [1.29, 1.82) is 0 Å². The van der Waals surface area contributed by atoms with Crippen molar-refractivity contribution in [2.75, 3.05) is 0 Å². The van der Waals surface area contributed by atoms with Gasteiger partial charge in [0.15, 0.2) is 17.3 Å². The minimum Gasteiger partial charge on any atom is -0.298 e. The molecule has 0 N–H and O–H groups in total. The molecule has 32 heavy (non-hydrogen) atoms.